The Bertz CT molecular complexity index is 914. The van der Waals surface area contributed by atoms with Crippen LogP contribution in [0.3, 0.4) is 0 Å². The number of nitrogens with two attached hydrogens (primary N) is 1. The lowest BCUT2D eigenvalue weighted by molar-refractivity contribution is 0.296. The molecule has 0 bridgehead atoms. The van der Waals surface area contributed by atoms with Crippen LogP contribution in [0.2, 0.25) is 5.02 Å². The van der Waals surface area contributed by atoms with Crippen LogP contribution in [0.1, 0.15) is 65.9 Å². The van der Waals surface area contributed by atoms with E-state index in [0.717, 1.165) is 39.7 Å². The summed E-state index contributed by atoms with van der Waals surface area (Å²) in [5.74, 6) is 1.71. The first-order valence-corrected chi connectivity index (χ1v) is 12.0. The third kappa shape index (κ3) is 7.55. The van der Waals surface area contributed by atoms with Crippen molar-refractivity contribution in [3.63, 3.8) is 0 Å². The highest BCUT2D eigenvalue weighted by molar-refractivity contribution is 6.35. The molecule has 0 spiro atoms. The maximum atomic E-state index is 6.63. The van der Waals surface area contributed by atoms with Crippen molar-refractivity contribution < 1.29 is 4.74 Å². The van der Waals surface area contributed by atoms with Crippen molar-refractivity contribution in [2.24, 2.45) is 11.7 Å². The fourth-order valence-electron chi connectivity index (χ4n) is 3.11. The van der Waals surface area contributed by atoms with Gasteiger partial charge >= 0.3 is 0 Å². The van der Waals surface area contributed by atoms with Crippen molar-refractivity contribution in [2.45, 2.75) is 72.8 Å². The molecule has 4 nitrogen and oxygen atoms in total. The van der Waals surface area contributed by atoms with Crippen molar-refractivity contribution in [2.75, 3.05) is 6.61 Å². The van der Waals surface area contributed by atoms with Gasteiger partial charge in [0.25, 0.3) is 0 Å². The van der Waals surface area contributed by atoms with Crippen LogP contribution in [0.4, 0.5) is 0 Å². The van der Waals surface area contributed by atoms with Crippen LogP contribution in [0.15, 0.2) is 42.6 Å². The summed E-state index contributed by atoms with van der Waals surface area (Å²) in [5.41, 5.74) is 8.77. The maximum Gasteiger partial charge on any atom is 0.119 e. The van der Waals surface area contributed by atoms with Gasteiger partial charge in [-0.15, -0.1) is 0 Å². The summed E-state index contributed by atoms with van der Waals surface area (Å²) >= 11 is 6.63. The van der Waals surface area contributed by atoms with Gasteiger partial charge in [0.2, 0.25) is 0 Å². The molecule has 0 radical (unpaired) electrons. The first-order chi connectivity index (χ1) is 15.0. The minimum absolute atomic E-state index is 0.0161. The van der Waals surface area contributed by atoms with E-state index in [-0.39, 0.29) is 6.04 Å². The smallest absolute Gasteiger partial charge is 0.119 e. The van der Waals surface area contributed by atoms with Gasteiger partial charge < -0.3 is 10.5 Å². The highest BCUT2D eigenvalue weighted by atomic mass is 35.5. The van der Waals surface area contributed by atoms with E-state index in [0.29, 0.717) is 6.61 Å². The van der Waals surface area contributed by atoms with Crippen molar-refractivity contribution in [3.05, 3.63) is 53.2 Å². The highest BCUT2D eigenvalue weighted by Crippen LogP contribution is 2.35. The van der Waals surface area contributed by atoms with Gasteiger partial charge in [-0.3, -0.25) is 0 Å². The Morgan fingerprint density at radius 3 is 2.35 bits per heavy atom. The zero-order chi connectivity index (χ0) is 22.8. The number of rotatable bonds is 7. The van der Waals surface area contributed by atoms with Crippen LogP contribution < -0.4 is 10.5 Å². The second-order valence-corrected chi connectivity index (χ2v) is 8.40. The standard InChI is InChI=1S/C21H24ClN3O.C3H8.C2H6/c1-14(23)13-26-19-10-8-18(9-11-19)25-12-17-7-6-16(5-4-15-2-3-15)20(22)21(17)24-25;1-3-2;1-2/h6-12,14-15H,2-5,13,23H2,1H3;3H2,1-2H3;1-2H3/t14-;;/m0../s1. The van der Waals surface area contributed by atoms with Crippen molar-refractivity contribution in [1.82, 2.24) is 9.78 Å². The van der Waals surface area contributed by atoms with Gasteiger partial charge in [0.1, 0.15) is 17.9 Å². The lowest BCUT2D eigenvalue weighted by atomic mass is 10.1. The van der Waals surface area contributed by atoms with E-state index in [2.05, 4.69) is 26.0 Å². The molecule has 1 heterocycles. The molecule has 4 rings (SSSR count). The molecule has 1 atom stereocenters. The number of nitrogens with zero attached hydrogens (tertiary/aromatic N) is 2. The molecule has 0 aliphatic heterocycles. The third-order valence-corrected chi connectivity index (χ3v) is 5.25. The molecule has 1 aliphatic carbocycles. The van der Waals surface area contributed by atoms with E-state index in [9.17, 15) is 0 Å². The van der Waals surface area contributed by atoms with E-state index in [1.807, 2.05) is 55.9 Å². The molecular weight excluding hydrogens is 406 g/mol. The van der Waals surface area contributed by atoms with E-state index < -0.39 is 0 Å². The van der Waals surface area contributed by atoms with Gasteiger partial charge in [-0.1, -0.05) is 70.7 Å². The topological polar surface area (TPSA) is 53.1 Å². The minimum atomic E-state index is 0.0161. The molecule has 1 aliphatic rings. The van der Waals surface area contributed by atoms with Crippen molar-refractivity contribution in [1.29, 1.82) is 0 Å². The fraction of sp³-hybridized carbons (Fsp3) is 0.500. The summed E-state index contributed by atoms with van der Waals surface area (Å²) in [4.78, 5) is 0. The van der Waals surface area contributed by atoms with E-state index in [4.69, 9.17) is 27.2 Å². The number of aryl methyl sites for hydroxylation is 1. The highest BCUT2D eigenvalue weighted by Gasteiger charge is 2.21. The largest absolute Gasteiger partial charge is 0.492 e. The summed E-state index contributed by atoms with van der Waals surface area (Å²) in [6.07, 6.45) is 8.28. The minimum Gasteiger partial charge on any atom is -0.492 e. The van der Waals surface area contributed by atoms with Crippen LogP contribution >= 0.6 is 11.6 Å². The number of fused-ring (bicyclic) bond motifs is 1. The van der Waals surface area contributed by atoms with E-state index in [1.54, 1.807) is 0 Å². The zero-order valence-corrected chi connectivity index (χ0v) is 20.5. The Labute approximate surface area is 192 Å². The SMILES string of the molecule is CC.CCC.C[C@H](N)COc1ccc(-n2cc3ccc(CCC4CC4)c(Cl)c3n2)cc1. The molecule has 170 valence electrons. The molecule has 1 saturated carbocycles. The molecule has 3 aromatic rings. The van der Waals surface area contributed by atoms with Crippen LogP contribution in [-0.4, -0.2) is 22.4 Å². The number of hydrogen-bond acceptors (Lipinski definition) is 3. The summed E-state index contributed by atoms with van der Waals surface area (Å²) < 4.78 is 7.50. The quantitative estimate of drug-likeness (QED) is 0.420. The van der Waals surface area contributed by atoms with E-state index >= 15 is 0 Å². The van der Waals surface area contributed by atoms with Gasteiger partial charge in [-0.05, 0) is 55.5 Å². The number of benzene rings is 2. The van der Waals surface area contributed by atoms with Crippen LogP contribution in [0, 0.1) is 5.92 Å². The van der Waals surface area contributed by atoms with Crippen LogP contribution in [0.5, 0.6) is 5.75 Å². The van der Waals surface area contributed by atoms with Crippen LogP contribution in [0.25, 0.3) is 16.6 Å². The predicted octanol–water partition coefficient (Wildman–Crippen LogP) is 7.19. The summed E-state index contributed by atoms with van der Waals surface area (Å²) in [5, 5.41) is 6.56. The molecule has 0 unspecified atom stereocenters. The molecule has 0 saturated heterocycles. The number of aromatic nitrogens is 2. The fourth-order valence-corrected chi connectivity index (χ4v) is 3.41. The molecule has 2 N–H and O–H groups in total. The second-order valence-electron chi connectivity index (χ2n) is 8.02. The molecule has 2 aromatic carbocycles. The predicted molar refractivity (Wildman–Crippen MR) is 134 cm³/mol. The Hall–Kier alpha value is -2.04. The molecular formula is C26H38ClN3O. The molecule has 5 heteroatoms. The zero-order valence-electron chi connectivity index (χ0n) is 19.7. The van der Waals surface area contributed by atoms with Gasteiger partial charge in [-0.2, -0.15) is 5.10 Å². The summed E-state index contributed by atoms with van der Waals surface area (Å²) in [7, 11) is 0. The lowest BCUT2D eigenvalue weighted by Gasteiger charge is -2.09. The van der Waals surface area contributed by atoms with Crippen LogP contribution in [-0.2, 0) is 6.42 Å². The first kappa shape index (κ1) is 25.2. The van der Waals surface area contributed by atoms with Gasteiger partial charge in [-0.25, -0.2) is 4.68 Å². The Morgan fingerprint density at radius 1 is 1.13 bits per heavy atom. The van der Waals surface area contributed by atoms with E-state index in [1.165, 1.54) is 31.2 Å². The summed E-state index contributed by atoms with van der Waals surface area (Å²) in [6, 6.07) is 12.1. The van der Waals surface area contributed by atoms with Crippen molar-refractivity contribution >= 4 is 22.5 Å². The third-order valence-electron chi connectivity index (χ3n) is 4.83. The number of hydrogen-bond donors (Lipinski definition) is 1. The Morgan fingerprint density at radius 2 is 1.77 bits per heavy atom. The first-order valence-electron chi connectivity index (χ1n) is 11.7. The average Bonchev–Trinajstić information content (AvgIpc) is 3.50. The second kappa shape index (κ2) is 12.7. The summed E-state index contributed by atoms with van der Waals surface area (Å²) in [6.45, 7) is 10.7. The van der Waals surface area contributed by atoms with Crippen molar-refractivity contribution in [3.8, 4) is 11.4 Å². The lowest BCUT2D eigenvalue weighted by Crippen LogP contribution is -2.23. The maximum absolute atomic E-state index is 6.63. The normalized spacial score (nSPS) is 13.6. The molecule has 0 amide bonds. The number of ether oxygens (including phenoxy) is 1. The Kier molecular flexibility index (Phi) is 10.4. The van der Waals surface area contributed by atoms with Gasteiger partial charge in [0.05, 0.1) is 10.7 Å². The molecule has 1 fully saturated rings. The van der Waals surface area contributed by atoms with Gasteiger partial charge in [0, 0.05) is 17.6 Å². The van der Waals surface area contributed by atoms with Gasteiger partial charge in [0.15, 0.2) is 0 Å². The number of halogens is 1. The molecule has 1 aromatic heterocycles. The Balaban J connectivity index is 0.000000630. The average molecular weight is 444 g/mol. The molecule has 31 heavy (non-hydrogen) atoms. The monoisotopic (exact) mass is 443 g/mol.